The first-order valence-electron chi connectivity index (χ1n) is 4.78. The summed E-state index contributed by atoms with van der Waals surface area (Å²) in [5.74, 6) is 5.82. The van der Waals surface area contributed by atoms with Crippen LogP contribution in [-0.2, 0) is 22.6 Å². The zero-order valence-corrected chi connectivity index (χ0v) is 9.16. The van der Waals surface area contributed by atoms with Gasteiger partial charge in [0.15, 0.2) is 0 Å². The van der Waals surface area contributed by atoms with Gasteiger partial charge in [-0.05, 0) is 24.1 Å². The fraction of sp³-hybridized carbons (Fsp3) is 0.455. The highest BCUT2D eigenvalue weighted by Gasteiger charge is 2.04. The summed E-state index contributed by atoms with van der Waals surface area (Å²) >= 11 is 0. The first-order valence-corrected chi connectivity index (χ1v) is 4.78. The molecule has 15 heavy (non-hydrogen) atoms. The molecule has 4 nitrogen and oxygen atoms in total. The third kappa shape index (κ3) is 3.51. The van der Waals surface area contributed by atoms with Gasteiger partial charge < -0.3 is 14.3 Å². The molecule has 0 aliphatic heterocycles. The molecule has 0 spiro atoms. The Morgan fingerprint density at radius 2 is 2.07 bits per heavy atom. The number of ether oxygens (including phenoxy) is 2. The molecule has 0 bridgehead atoms. The zero-order valence-electron chi connectivity index (χ0n) is 9.16. The van der Waals surface area contributed by atoms with Crippen LogP contribution in [0.4, 0.5) is 0 Å². The molecule has 0 fully saturated rings. The molecule has 0 aliphatic carbocycles. The van der Waals surface area contributed by atoms with Gasteiger partial charge in [0.05, 0.1) is 20.3 Å². The number of benzene rings is 1. The van der Waals surface area contributed by atoms with Crippen LogP contribution in [-0.4, -0.2) is 20.8 Å². The minimum absolute atomic E-state index is 0.513. The Kier molecular flexibility index (Phi) is 5.10. The van der Waals surface area contributed by atoms with E-state index in [0.717, 1.165) is 23.3 Å². The number of hydrogen-bond donors (Lipinski definition) is 1. The summed E-state index contributed by atoms with van der Waals surface area (Å²) in [7, 11) is 3.31. The van der Waals surface area contributed by atoms with Crippen molar-refractivity contribution in [3.8, 4) is 5.75 Å². The van der Waals surface area contributed by atoms with Gasteiger partial charge >= 0.3 is 0 Å². The molecule has 4 heteroatoms. The first kappa shape index (κ1) is 12.0. The highest BCUT2D eigenvalue weighted by molar-refractivity contribution is 5.37. The van der Waals surface area contributed by atoms with E-state index < -0.39 is 0 Å². The minimum atomic E-state index is 0.513. The molecule has 0 amide bonds. The van der Waals surface area contributed by atoms with Crippen molar-refractivity contribution in [3.63, 3.8) is 0 Å². The lowest BCUT2D eigenvalue weighted by molar-refractivity contribution is 0.141. The average molecular weight is 211 g/mol. The summed E-state index contributed by atoms with van der Waals surface area (Å²) < 4.78 is 10.3. The lowest BCUT2D eigenvalue weighted by Crippen LogP contribution is -2.04. The second-order valence-electron chi connectivity index (χ2n) is 3.20. The third-order valence-electron chi connectivity index (χ3n) is 2.15. The monoisotopic (exact) mass is 211 g/mol. The molecule has 0 heterocycles. The topological polar surface area (TPSA) is 53.7 Å². The van der Waals surface area contributed by atoms with Crippen molar-refractivity contribution in [1.29, 1.82) is 0 Å². The van der Waals surface area contributed by atoms with Gasteiger partial charge in [0.2, 0.25) is 0 Å². The number of rotatable bonds is 6. The molecular formula is C11H17NO3. The molecule has 0 saturated heterocycles. The highest BCUT2D eigenvalue weighted by Crippen LogP contribution is 2.20. The second-order valence-corrected chi connectivity index (χ2v) is 3.20. The molecule has 1 aromatic carbocycles. The van der Waals surface area contributed by atoms with Crippen molar-refractivity contribution >= 4 is 0 Å². The smallest absolute Gasteiger partial charge is 0.124 e. The van der Waals surface area contributed by atoms with Gasteiger partial charge in [-0.3, -0.25) is 0 Å². The summed E-state index contributed by atoms with van der Waals surface area (Å²) in [6, 6.07) is 5.97. The van der Waals surface area contributed by atoms with Crippen LogP contribution in [0.1, 0.15) is 11.1 Å². The van der Waals surface area contributed by atoms with E-state index in [-0.39, 0.29) is 0 Å². The molecule has 0 saturated carbocycles. The third-order valence-corrected chi connectivity index (χ3v) is 2.15. The molecule has 1 aromatic rings. The summed E-state index contributed by atoms with van der Waals surface area (Å²) in [5.41, 5.74) is 2.20. The van der Waals surface area contributed by atoms with Gasteiger partial charge in [-0.1, -0.05) is 6.07 Å². The number of hydrogen-bond acceptors (Lipinski definition) is 4. The van der Waals surface area contributed by atoms with Crippen LogP contribution in [0.5, 0.6) is 5.75 Å². The second kappa shape index (κ2) is 6.40. The molecule has 0 aliphatic rings. The Labute approximate surface area is 89.9 Å². The fourth-order valence-corrected chi connectivity index (χ4v) is 1.43. The molecule has 0 unspecified atom stereocenters. The van der Waals surface area contributed by atoms with Gasteiger partial charge in [0, 0.05) is 12.7 Å². The zero-order chi connectivity index (χ0) is 11.1. The Morgan fingerprint density at radius 3 is 2.67 bits per heavy atom. The SMILES string of the molecule is COCc1cc(CCON)ccc1OC. The van der Waals surface area contributed by atoms with Crippen molar-refractivity contribution in [2.75, 3.05) is 20.8 Å². The maximum atomic E-state index is 5.22. The fourth-order valence-electron chi connectivity index (χ4n) is 1.43. The molecular weight excluding hydrogens is 194 g/mol. The van der Waals surface area contributed by atoms with E-state index in [1.54, 1.807) is 14.2 Å². The molecule has 84 valence electrons. The summed E-state index contributed by atoms with van der Waals surface area (Å²) in [6.45, 7) is 1.05. The van der Waals surface area contributed by atoms with E-state index in [1.807, 2.05) is 18.2 Å². The number of methoxy groups -OCH3 is 2. The normalized spacial score (nSPS) is 10.3. The number of nitrogens with two attached hydrogens (primary N) is 1. The molecule has 2 N–H and O–H groups in total. The van der Waals surface area contributed by atoms with E-state index in [4.69, 9.17) is 15.4 Å². The van der Waals surface area contributed by atoms with Crippen LogP contribution in [0.2, 0.25) is 0 Å². The Bertz CT molecular complexity index is 302. The van der Waals surface area contributed by atoms with Gasteiger partial charge in [-0.2, -0.15) is 0 Å². The molecule has 0 aromatic heterocycles. The largest absolute Gasteiger partial charge is 0.496 e. The van der Waals surface area contributed by atoms with Crippen molar-refractivity contribution in [2.24, 2.45) is 5.90 Å². The van der Waals surface area contributed by atoms with E-state index >= 15 is 0 Å². The summed E-state index contributed by atoms with van der Waals surface area (Å²) in [5, 5.41) is 0. The van der Waals surface area contributed by atoms with Crippen LogP contribution in [0, 0.1) is 0 Å². The molecule has 0 atom stereocenters. The molecule has 1 rings (SSSR count). The van der Waals surface area contributed by atoms with Gasteiger partial charge in [0.25, 0.3) is 0 Å². The van der Waals surface area contributed by atoms with Crippen molar-refractivity contribution < 1.29 is 14.3 Å². The quantitative estimate of drug-likeness (QED) is 0.720. The predicted octanol–water partition coefficient (Wildman–Crippen LogP) is 1.27. The van der Waals surface area contributed by atoms with Crippen LogP contribution >= 0.6 is 0 Å². The highest BCUT2D eigenvalue weighted by atomic mass is 16.6. The van der Waals surface area contributed by atoms with Gasteiger partial charge in [-0.25, -0.2) is 5.90 Å². The average Bonchev–Trinajstić information content (AvgIpc) is 2.27. The summed E-state index contributed by atoms with van der Waals surface area (Å²) in [4.78, 5) is 4.54. The first-order chi connectivity index (χ1) is 7.31. The summed E-state index contributed by atoms with van der Waals surface area (Å²) in [6.07, 6.45) is 0.789. The Balaban J connectivity index is 2.79. The van der Waals surface area contributed by atoms with E-state index in [2.05, 4.69) is 4.84 Å². The Morgan fingerprint density at radius 1 is 1.27 bits per heavy atom. The predicted molar refractivity (Wildman–Crippen MR) is 57.6 cm³/mol. The Hall–Kier alpha value is -1.10. The lowest BCUT2D eigenvalue weighted by Gasteiger charge is -2.09. The van der Waals surface area contributed by atoms with Crippen LogP contribution < -0.4 is 10.6 Å². The molecule has 0 radical (unpaired) electrons. The van der Waals surface area contributed by atoms with Crippen molar-refractivity contribution in [3.05, 3.63) is 29.3 Å². The maximum absolute atomic E-state index is 5.22. The minimum Gasteiger partial charge on any atom is -0.496 e. The lowest BCUT2D eigenvalue weighted by atomic mass is 10.1. The van der Waals surface area contributed by atoms with Crippen molar-refractivity contribution in [1.82, 2.24) is 0 Å². The van der Waals surface area contributed by atoms with Gasteiger partial charge in [-0.15, -0.1) is 0 Å². The van der Waals surface area contributed by atoms with Crippen LogP contribution in [0.25, 0.3) is 0 Å². The van der Waals surface area contributed by atoms with Crippen LogP contribution in [0.15, 0.2) is 18.2 Å². The standard InChI is InChI=1S/C11H17NO3/c1-13-8-10-7-9(5-6-15-12)3-4-11(10)14-2/h3-4,7H,5-6,8,12H2,1-2H3. The van der Waals surface area contributed by atoms with Crippen LogP contribution in [0.3, 0.4) is 0 Å². The van der Waals surface area contributed by atoms with E-state index in [0.29, 0.717) is 13.2 Å². The van der Waals surface area contributed by atoms with E-state index in [9.17, 15) is 0 Å². The van der Waals surface area contributed by atoms with Crippen molar-refractivity contribution in [2.45, 2.75) is 13.0 Å². The van der Waals surface area contributed by atoms with Gasteiger partial charge in [0.1, 0.15) is 5.75 Å². The van der Waals surface area contributed by atoms with E-state index in [1.165, 1.54) is 0 Å². The maximum Gasteiger partial charge on any atom is 0.124 e.